The molecule has 2 atom stereocenters. The molecule has 0 saturated carbocycles. The fourth-order valence-electron chi connectivity index (χ4n) is 2.79. The summed E-state index contributed by atoms with van der Waals surface area (Å²) in [5.74, 6) is 0.578. The third kappa shape index (κ3) is 9.94. The molecule has 0 saturated heterocycles. The standard InChI is InChI=1S/C16H33NO2/c1-8-19-14(5)11-16(6,7)10-13(4)17-15(18)9-12(2)3/h12-14H,8-11H2,1-7H3,(H,17,18). The summed E-state index contributed by atoms with van der Waals surface area (Å²) in [6.45, 7) is 15.6. The lowest BCUT2D eigenvalue weighted by atomic mass is 9.81. The second-order valence-electron chi connectivity index (χ2n) is 6.90. The predicted molar refractivity (Wildman–Crippen MR) is 81.2 cm³/mol. The van der Waals surface area contributed by atoms with Gasteiger partial charge in [0.25, 0.3) is 0 Å². The highest BCUT2D eigenvalue weighted by molar-refractivity contribution is 5.76. The summed E-state index contributed by atoms with van der Waals surface area (Å²) in [5.41, 5.74) is 0.180. The first kappa shape index (κ1) is 18.4. The molecule has 0 aromatic carbocycles. The second-order valence-corrected chi connectivity index (χ2v) is 6.90. The van der Waals surface area contributed by atoms with E-state index in [0.29, 0.717) is 12.3 Å². The molecular weight excluding hydrogens is 238 g/mol. The van der Waals surface area contributed by atoms with E-state index in [0.717, 1.165) is 19.4 Å². The number of carbonyl (C=O) groups excluding carboxylic acids is 1. The Labute approximate surface area is 119 Å². The van der Waals surface area contributed by atoms with Crippen LogP contribution in [0.25, 0.3) is 0 Å². The van der Waals surface area contributed by atoms with Crippen LogP contribution in [-0.4, -0.2) is 24.7 Å². The van der Waals surface area contributed by atoms with Crippen molar-refractivity contribution in [1.29, 1.82) is 0 Å². The Hall–Kier alpha value is -0.570. The highest BCUT2D eigenvalue weighted by Gasteiger charge is 2.24. The number of ether oxygens (including phenoxy) is 1. The fourth-order valence-corrected chi connectivity index (χ4v) is 2.79. The average molecular weight is 271 g/mol. The van der Waals surface area contributed by atoms with Gasteiger partial charge in [-0.1, -0.05) is 27.7 Å². The molecule has 0 radical (unpaired) electrons. The Kier molecular flexibility index (Phi) is 8.31. The maximum Gasteiger partial charge on any atom is 0.220 e. The van der Waals surface area contributed by atoms with Gasteiger partial charge in [0.15, 0.2) is 0 Å². The van der Waals surface area contributed by atoms with Crippen LogP contribution < -0.4 is 5.32 Å². The van der Waals surface area contributed by atoms with Crippen molar-refractivity contribution in [1.82, 2.24) is 5.32 Å². The van der Waals surface area contributed by atoms with Gasteiger partial charge in [-0.15, -0.1) is 0 Å². The van der Waals surface area contributed by atoms with Crippen molar-refractivity contribution in [2.24, 2.45) is 11.3 Å². The Bertz CT molecular complexity index is 261. The third-order valence-electron chi connectivity index (χ3n) is 3.15. The molecule has 1 amide bonds. The van der Waals surface area contributed by atoms with E-state index in [1.54, 1.807) is 0 Å². The molecule has 0 aliphatic carbocycles. The predicted octanol–water partition coefficient (Wildman–Crippen LogP) is 3.77. The number of carbonyl (C=O) groups is 1. The van der Waals surface area contributed by atoms with Crippen molar-refractivity contribution >= 4 is 5.91 Å². The van der Waals surface area contributed by atoms with E-state index in [1.165, 1.54) is 0 Å². The molecule has 3 heteroatoms. The van der Waals surface area contributed by atoms with E-state index in [4.69, 9.17) is 4.74 Å². The molecule has 0 aromatic heterocycles. The van der Waals surface area contributed by atoms with Gasteiger partial charge in [0.1, 0.15) is 0 Å². The third-order valence-corrected chi connectivity index (χ3v) is 3.15. The van der Waals surface area contributed by atoms with E-state index in [-0.39, 0.29) is 23.5 Å². The number of hydrogen-bond acceptors (Lipinski definition) is 2. The summed E-state index contributed by atoms with van der Waals surface area (Å²) < 4.78 is 5.61. The summed E-state index contributed by atoms with van der Waals surface area (Å²) in [5, 5.41) is 3.09. The summed E-state index contributed by atoms with van der Waals surface area (Å²) in [6.07, 6.45) is 2.89. The monoisotopic (exact) mass is 271 g/mol. The molecule has 1 N–H and O–H groups in total. The minimum absolute atomic E-state index is 0.163. The summed E-state index contributed by atoms with van der Waals surface area (Å²) in [4.78, 5) is 11.7. The molecule has 19 heavy (non-hydrogen) atoms. The zero-order valence-electron chi connectivity index (χ0n) is 13.9. The largest absolute Gasteiger partial charge is 0.379 e. The molecule has 3 nitrogen and oxygen atoms in total. The molecule has 0 fully saturated rings. The smallest absolute Gasteiger partial charge is 0.220 e. The molecule has 0 spiro atoms. The Morgan fingerprint density at radius 3 is 2.21 bits per heavy atom. The van der Waals surface area contributed by atoms with Crippen molar-refractivity contribution in [3.63, 3.8) is 0 Å². The van der Waals surface area contributed by atoms with Crippen LogP contribution in [0.1, 0.15) is 67.7 Å². The molecule has 0 aromatic rings. The SMILES string of the molecule is CCOC(C)CC(C)(C)CC(C)NC(=O)CC(C)C. The lowest BCUT2D eigenvalue weighted by molar-refractivity contribution is -0.122. The van der Waals surface area contributed by atoms with Crippen molar-refractivity contribution in [3.05, 3.63) is 0 Å². The zero-order valence-corrected chi connectivity index (χ0v) is 13.9. The van der Waals surface area contributed by atoms with Crippen LogP contribution in [0.2, 0.25) is 0 Å². The van der Waals surface area contributed by atoms with Crippen LogP contribution in [0, 0.1) is 11.3 Å². The normalized spacial score (nSPS) is 15.4. The molecular formula is C16H33NO2. The second kappa shape index (κ2) is 8.57. The number of hydrogen-bond donors (Lipinski definition) is 1. The van der Waals surface area contributed by atoms with E-state index >= 15 is 0 Å². The maximum absolute atomic E-state index is 11.7. The summed E-state index contributed by atoms with van der Waals surface area (Å²) in [7, 11) is 0. The molecule has 0 aliphatic rings. The topological polar surface area (TPSA) is 38.3 Å². The van der Waals surface area contributed by atoms with Gasteiger partial charge in [-0.05, 0) is 44.9 Å². The lowest BCUT2D eigenvalue weighted by Crippen LogP contribution is -2.37. The van der Waals surface area contributed by atoms with Gasteiger partial charge in [-0.2, -0.15) is 0 Å². The molecule has 0 rings (SSSR count). The first-order chi connectivity index (χ1) is 8.66. The quantitative estimate of drug-likeness (QED) is 0.693. The van der Waals surface area contributed by atoms with Crippen molar-refractivity contribution in [3.8, 4) is 0 Å². The zero-order chi connectivity index (χ0) is 15.1. The van der Waals surface area contributed by atoms with Gasteiger partial charge in [-0.3, -0.25) is 4.79 Å². The van der Waals surface area contributed by atoms with E-state index in [1.807, 2.05) is 6.92 Å². The first-order valence-corrected chi connectivity index (χ1v) is 7.57. The van der Waals surface area contributed by atoms with Crippen LogP contribution in [0.3, 0.4) is 0 Å². The van der Waals surface area contributed by atoms with Crippen LogP contribution in [0.5, 0.6) is 0 Å². The maximum atomic E-state index is 11.7. The molecule has 2 unspecified atom stereocenters. The Balaban J connectivity index is 4.14. The minimum Gasteiger partial charge on any atom is -0.379 e. The van der Waals surface area contributed by atoms with Crippen LogP contribution in [0.15, 0.2) is 0 Å². The Morgan fingerprint density at radius 2 is 1.74 bits per heavy atom. The van der Waals surface area contributed by atoms with E-state index in [2.05, 4.69) is 46.9 Å². The van der Waals surface area contributed by atoms with Crippen LogP contribution in [0.4, 0.5) is 0 Å². The van der Waals surface area contributed by atoms with Crippen molar-refractivity contribution in [2.75, 3.05) is 6.61 Å². The van der Waals surface area contributed by atoms with E-state index < -0.39 is 0 Å². The average Bonchev–Trinajstić information content (AvgIpc) is 2.12. The molecule has 0 aliphatic heterocycles. The number of nitrogens with one attached hydrogen (secondary N) is 1. The van der Waals surface area contributed by atoms with Crippen LogP contribution >= 0.6 is 0 Å². The molecule has 0 heterocycles. The van der Waals surface area contributed by atoms with Crippen LogP contribution in [-0.2, 0) is 9.53 Å². The van der Waals surface area contributed by atoms with Gasteiger partial charge in [0.05, 0.1) is 6.10 Å². The van der Waals surface area contributed by atoms with E-state index in [9.17, 15) is 4.79 Å². The van der Waals surface area contributed by atoms with Crippen molar-refractivity contribution in [2.45, 2.75) is 79.9 Å². The molecule has 114 valence electrons. The number of amides is 1. The van der Waals surface area contributed by atoms with Gasteiger partial charge >= 0.3 is 0 Å². The number of rotatable bonds is 9. The summed E-state index contributed by atoms with van der Waals surface area (Å²) >= 11 is 0. The van der Waals surface area contributed by atoms with Gasteiger partial charge in [0, 0.05) is 19.1 Å². The highest BCUT2D eigenvalue weighted by atomic mass is 16.5. The van der Waals surface area contributed by atoms with Gasteiger partial charge < -0.3 is 10.1 Å². The molecule has 0 bridgehead atoms. The first-order valence-electron chi connectivity index (χ1n) is 7.57. The highest BCUT2D eigenvalue weighted by Crippen LogP contribution is 2.29. The minimum atomic E-state index is 0.163. The van der Waals surface area contributed by atoms with Crippen molar-refractivity contribution < 1.29 is 9.53 Å². The summed E-state index contributed by atoms with van der Waals surface area (Å²) in [6, 6.07) is 0.218. The fraction of sp³-hybridized carbons (Fsp3) is 0.938. The Morgan fingerprint density at radius 1 is 1.16 bits per heavy atom. The lowest BCUT2D eigenvalue weighted by Gasteiger charge is -2.31. The van der Waals surface area contributed by atoms with Gasteiger partial charge in [0.2, 0.25) is 5.91 Å². The van der Waals surface area contributed by atoms with Gasteiger partial charge in [-0.25, -0.2) is 0 Å².